The molecule has 1 atom stereocenters. The largest absolute Gasteiger partial charge is 0.325 e. The fourth-order valence-corrected chi connectivity index (χ4v) is 1.32. The monoisotopic (exact) mass is 214 g/mol. The van der Waals surface area contributed by atoms with Crippen LogP contribution in [0.25, 0.3) is 0 Å². The number of hydrogen-bond donors (Lipinski definition) is 1. The van der Waals surface area contributed by atoms with Crippen molar-refractivity contribution in [3.63, 3.8) is 0 Å². The Morgan fingerprint density at radius 1 is 1.79 bits per heavy atom. The molecule has 1 N–H and O–H groups in total. The molecule has 0 spiro atoms. The summed E-state index contributed by atoms with van der Waals surface area (Å²) in [5, 5.41) is 10.6. The Labute approximate surface area is 87.1 Å². The molecule has 0 aliphatic heterocycles. The topological polar surface area (TPSA) is 58.1 Å². The van der Waals surface area contributed by atoms with Gasteiger partial charge in [-0.25, -0.2) is 4.79 Å². The second-order valence-electron chi connectivity index (χ2n) is 3.04. The molecule has 0 aliphatic rings. The van der Waals surface area contributed by atoms with E-state index in [0.29, 0.717) is 5.13 Å². The normalized spacial score (nSPS) is 12.2. The molecule has 1 rings (SSSR count). The SMILES string of the molecule is CC[C@@H](C)N(C)C(=O)Nc1nncs1. The van der Waals surface area contributed by atoms with Crippen molar-refractivity contribution in [1.82, 2.24) is 15.1 Å². The second kappa shape index (κ2) is 4.90. The number of rotatable bonds is 3. The van der Waals surface area contributed by atoms with Crippen LogP contribution in [0, 0.1) is 0 Å². The molecule has 5 nitrogen and oxygen atoms in total. The van der Waals surface area contributed by atoms with Gasteiger partial charge < -0.3 is 4.90 Å². The Bertz CT molecular complexity index is 288. The maximum absolute atomic E-state index is 11.6. The average Bonchev–Trinajstić information content (AvgIpc) is 2.68. The van der Waals surface area contributed by atoms with Crippen molar-refractivity contribution >= 4 is 22.5 Å². The van der Waals surface area contributed by atoms with Gasteiger partial charge in [-0.3, -0.25) is 5.32 Å². The quantitative estimate of drug-likeness (QED) is 0.834. The maximum atomic E-state index is 11.6. The van der Waals surface area contributed by atoms with Crippen LogP contribution in [0.3, 0.4) is 0 Å². The van der Waals surface area contributed by atoms with Crippen molar-refractivity contribution in [1.29, 1.82) is 0 Å². The van der Waals surface area contributed by atoms with Gasteiger partial charge >= 0.3 is 6.03 Å². The van der Waals surface area contributed by atoms with Crippen LogP contribution in [0.2, 0.25) is 0 Å². The van der Waals surface area contributed by atoms with Crippen molar-refractivity contribution < 1.29 is 4.79 Å². The van der Waals surface area contributed by atoms with Gasteiger partial charge in [-0.2, -0.15) is 0 Å². The molecule has 0 bridgehead atoms. The van der Waals surface area contributed by atoms with Crippen LogP contribution in [0.4, 0.5) is 9.93 Å². The summed E-state index contributed by atoms with van der Waals surface area (Å²) in [6.45, 7) is 4.04. The number of urea groups is 1. The van der Waals surface area contributed by atoms with Crippen LogP contribution in [-0.2, 0) is 0 Å². The van der Waals surface area contributed by atoms with E-state index in [4.69, 9.17) is 0 Å². The van der Waals surface area contributed by atoms with Crippen molar-refractivity contribution in [3.05, 3.63) is 5.51 Å². The highest BCUT2D eigenvalue weighted by Gasteiger charge is 2.14. The molecule has 14 heavy (non-hydrogen) atoms. The first kappa shape index (κ1) is 10.9. The number of nitrogens with one attached hydrogen (secondary N) is 1. The highest BCUT2D eigenvalue weighted by molar-refractivity contribution is 7.13. The lowest BCUT2D eigenvalue weighted by Gasteiger charge is -2.23. The minimum absolute atomic E-state index is 0.142. The molecule has 6 heteroatoms. The molecule has 0 radical (unpaired) electrons. The van der Waals surface area contributed by atoms with Crippen molar-refractivity contribution in [2.75, 3.05) is 12.4 Å². The van der Waals surface area contributed by atoms with Crippen molar-refractivity contribution in [2.45, 2.75) is 26.3 Å². The fraction of sp³-hybridized carbons (Fsp3) is 0.625. The zero-order chi connectivity index (χ0) is 10.6. The first-order valence-electron chi connectivity index (χ1n) is 4.45. The molecule has 0 saturated carbocycles. The van der Waals surface area contributed by atoms with E-state index in [9.17, 15) is 4.79 Å². The predicted octanol–water partition coefficient (Wildman–Crippen LogP) is 1.80. The van der Waals surface area contributed by atoms with E-state index in [1.807, 2.05) is 13.8 Å². The summed E-state index contributed by atoms with van der Waals surface area (Å²) in [6.07, 6.45) is 0.931. The first-order chi connectivity index (χ1) is 6.65. The Kier molecular flexibility index (Phi) is 3.82. The Hall–Kier alpha value is -1.17. The van der Waals surface area contributed by atoms with Gasteiger partial charge in [0.05, 0.1) is 0 Å². The summed E-state index contributed by atoms with van der Waals surface area (Å²) in [4.78, 5) is 13.2. The number of aromatic nitrogens is 2. The molecule has 1 aromatic heterocycles. The van der Waals surface area contributed by atoms with Gasteiger partial charge in [-0.1, -0.05) is 18.3 Å². The maximum Gasteiger partial charge on any atom is 0.323 e. The third-order valence-electron chi connectivity index (χ3n) is 2.15. The smallest absolute Gasteiger partial charge is 0.323 e. The third-order valence-corrected chi connectivity index (χ3v) is 2.75. The number of anilines is 1. The van der Waals surface area contributed by atoms with Crippen molar-refractivity contribution in [3.8, 4) is 0 Å². The van der Waals surface area contributed by atoms with E-state index in [1.54, 1.807) is 17.5 Å². The number of carbonyl (C=O) groups excluding carboxylic acids is 1. The molecule has 2 amide bonds. The van der Waals surface area contributed by atoms with Gasteiger partial charge in [0.25, 0.3) is 0 Å². The Balaban J connectivity index is 2.50. The van der Waals surface area contributed by atoms with E-state index < -0.39 is 0 Å². The lowest BCUT2D eigenvalue weighted by Crippen LogP contribution is -2.37. The van der Waals surface area contributed by atoms with Crippen LogP contribution in [-0.4, -0.2) is 34.2 Å². The molecular formula is C8H14N4OS. The summed E-state index contributed by atoms with van der Waals surface area (Å²) < 4.78 is 0. The van der Waals surface area contributed by atoms with E-state index in [1.165, 1.54) is 11.3 Å². The molecule has 78 valence electrons. The van der Waals surface area contributed by atoms with Gasteiger partial charge in [-0.15, -0.1) is 10.2 Å². The number of nitrogens with zero attached hydrogens (tertiary/aromatic N) is 3. The second-order valence-corrected chi connectivity index (χ2v) is 3.88. The lowest BCUT2D eigenvalue weighted by atomic mass is 10.2. The molecule has 1 heterocycles. The molecule has 0 aliphatic carbocycles. The summed E-state index contributed by atoms with van der Waals surface area (Å²) >= 11 is 1.31. The zero-order valence-electron chi connectivity index (χ0n) is 8.52. The van der Waals surface area contributed by atoms with Gasteiger partial charge in [-0.05, 0) is 13.3 Å². The van der Waals surface area contributed by atoms with E-state index in [2.05, 4.69) is 15.5 Å². The standard InChI is InChI=1S/C8H14N4OS/c1-4-6(2)12(3)8(13)10-7-11-9-5-14-7/h5-6H,4H2,1-3H3,(H,10,11,13)/t6-/m1/s1. The van der Waals surface area contributed by atoms with Crippen LogP contribution < -0.4 is 5.32 Å². The van der Waals surface area contributed by atoms with Crippen LogP contribution >= 0.6 is 11.3 Å². The highest BCUT2D eigenvalue weighted by atomic mass is 32.1. The van der Waals surface area contributed by atoms with E-state index in [-0.39, 0.29) is 12.1 Å². The first-order valence-corrected chi connectivity index (χ1v) is 5.33. The third kappa shape index (κ3) is 2.66. The Morgan fingerprint density at radius 2 is 2.50 bits per heavy atom. The van der Waals surface area contributed by atoms with Gasteiger partial charge in [0.15, 0.2) is 0 Å². The lowest BCUT2D eigenvalue weighted by molar-refractivity contribution is 0.206. The van der Waals surface area contributed by atoms with Crippen LogP contribution in [0.5, 0.6) is 0 Å². The predicted molar refractivity (Wildman–Crippen MR) is 56.4 cm³/mol. The molecule has 0 aromatic carbocycles. The number of carbonyl (C=O) groups is 1. The zero-order valence-corrected chi connectivity index (χ0v) is 9.34. The van der Waals surface area contributed by atoms with E-state index in [0.717, 1.165) is 6.42 Å². The van der Waals surface area contributed by atoms with Crippen LogP contribution in [0.1, 0.15) is 20.3 Å². The fourth-order valence-electron chi connectivity index (χ4n) is 0.881. The summed E-state index contributed by atoms with van der Waals surface area (Å²) in [6, 6.07) is 0.0824. The highest BCUT2D eigenvalue weighted by Crippen LogP contribution is 2.10. The summed E-state index contributed by atoms with van der Waals surface area (Å²) in [7, 11) is 1.77. The van der Waals surface area contributed by atoms with Gasteiger partial charge in [0.1, 0.15) is 5.51 Å². The average molecular weight is 214 g/mol. The minimum atomic E-state index is -0.142. The molecule has 0 saturated heterocycles. The number of amides is 2. The van der Waals surface area contributed by atoms with Crippen LogP contribution in [0.15, 0.2) is 5.51 Å². The van der Waals surface area contributed by atoms with Gasteiger partial charge in [0, 0.05) is 13.1 Å². The molecule has 1 aromatic rings. The molecule has 0 unspecified atom stereocenters. The summed E-state index contributed by atoms with van der Waals surface area (Å²) in [5.74, 6) is 0. The molecule has 0 fully saturated rings. The Morgan fingerprint density at radius 3 is 3.00 bits per heavy atom. The van der Waals surface area contributed by atoms with E-state index >= 15 is 0 Å². The van der Waals surface area contributed by atoms with Crippen molar-refractivity contribution in [2.24, 2.45) is 0 Å². The summed E-state index contributed by atoms with van der Waals surface area (Å²) in [5.41, 5.74) is 1.58. The van der Waals surface area contributed by atoms with Gasteiger partial charge in [0.2, 0.25) is 5.13 Å². The minimum Gasteiger partial charge on any atom is -0.325 e. The number of hydrogen-bond acceptors (Lipinski definition) is 4. The molecular weight excluding hydrogens is 200 g/mol.